The van der Waals surface area contributed by atoms with Gasteiger partial charge in [-0.25, -0.2) is 0 Å². The van der Waals surface area contributed by atoms with E-state index in [1.54, 1.807) is 0 Å². The van der Waals surface area contributed by atoms with Crippen molar-refractivity contribution in [3.8, 4) is 5.75 Å². The number of rotatable bonds is 7. The Bertz CT molecular complexity index is 602. The van der Waals surface area contributed by atoms with Gasteiger partial charge in [0.25, 0.3) is 5.91 Å². The minimum Gasteiger partial charge on any atom is -0.484 e. The third-order valence-electron chi connectivity index (χ3n) is 6.56. The van der Waals surface area contributed by atoms with Crippen LogP contribution in [-0.4, -0.2) is 41.0 Å². The highest BCUT2D eigenvalue weighted by atomic mass is 32.2. The van der Waals surface area contributed by atoms with Crippen LogP contribution in [0.15, 0.2) is 24.3 Å². The molecule has 1 heterocycles. The van der Waals surface area contributed by atoms with E-state index in [2.05, 4.69) is 30.5 Å². The van der Waals surface area contributed by atoms with E-state index in [1.165, 1.54) is 69.1 Å². The molecule has 0 bridgehead atoms. The monoisotopic (exact) mass is 403 g/mol. The topological polar surface area (TPSA) is 29.5 Å². The number of hydrogen-bond acceptors (Lipinski definition) is 3. The summed E-state index contributed by atoms with van der Waals surface area (Å²) < 4.78 is 6.06. The maximum atomic E-state index is 12.9. The largest absolute Gasteiger partial charge is 0.484 e. The second-order valence-corrected chi connectivity index (χ2v) is 10.1. The fourth-order valence-corrected chi connectivity index (χ4v) is 6.55. The number of amides is 1. The number of aryl methyl sites for hydroxylation is 1. The van der Waals surface area contributed by atoms with Gasteiger partial charge in [0.2, 0.25) is 0 Å². The van der Waals surface area contributed by atoms with Crippen molar-refractivity contribution in [1.29, 1.82) is 0 Å². The lowest BCUT2D eigenvalue weighted by atomic mass is 9.78. The molecule has 1 saturated heterocycles. The molecule has 1 aromatic rings. The minimum absolute atomic E-state index is 0.126. The molecule has 0 radical (unpaired) electrons. The molecule has 3 rings (SSSR count). The van der Waals surface area contributed by atoms with Gasteiger partial charge in [0.1, 0.15) is 5.75 Å². The first kappa shape index (κ1) is 21.5. The quantitative estimate of drug-likeness (QED) is 0.572. The lowest BCUT2D eigenvalue weighted by Crippen LogP contribution is -2.48. The zero-order valence-corrected chi connectivity index (χ0v) is 18.6. The Balaban J connectivity index is 1.62. The summed E-state index contributed by atoms with van der Waals surface area (Å²) in [6, 6.07) is 7.94. The fraction of sp³-hybridized carbons (Fsp3) is 0.708. The number of carbonyl (C=O) groups excluding carboxylic acids is 1. The van der Waals surface area contributed by atoms with Crippen molar-refractivity contribution in [3.05, 3.63) is 29.8 Å². The maximum Gasteiger partial charge on any atom is 0.260 e. The van der Waals surface area contributed by atoms with Gasteiger partial charge < -0.3 is 9.64 Å². The number of ether oxygens (including phenoxy) is 1. The van der Waals surface area contributed by atoms with Gasteiger partial charge in [-0.2, -0.15) is 11.8 Å². The first-order valence-electron chi connectivity index (χ1n) is 11.2. The highest BCUT2D eigenvalue weighted by Crippen LogP contribution is 2.48. The molecule has 0 spiro atoms. The number of hydrogen-bond donors (Lipinski definition) is 0. The van der Waals surface area contributed by atoms with Gasteiger partial charge in [0.15, 0.2) is 6.61 Å². The van der Waals surface area contributed by atoms with Crippen LogP contribution in [-0.2, 0) is 4.79 Å². The van der Waals surface area contributed by atoms with Crippen LogP contribution in [0.1, 0.15) is 70.3 Å². The molecule has 1 aliphatic heterocycles. The molecule has 156 valence electrons. The maximum absolute atomic E-state index is 12.9. The van der Waals surface area contributed by atoms with E-state index in [-0.39, 0.29) is 17.3 Å². The third kappa shape index (κ3) is 5.68. The Morgan fingerprint density at radius 2 is 1.79 bits per heavy atom. The van der Waals surface area contributed by atoms with Crippen LogP contribution in [0.25, 0.3) is 0 Å². The van der Waals surface area contributed by atoms with E-state index < -0.39 is 0 Å². The molecule has 1 saturated carbocycles. The Morgan fingerprint density at radius 3 is 2.39 bits per heavy atom. The SMILES string of the molecule is CCN(CC1(C2CCCCCCC2)CCCS1)C(=O)COc1ccc(C)cc1. The van der Waals surface area contributed by atoms with E-state index in [4.69, 9.17) is 4.74 Å². The lowest BCUT2D eigenvalue weighted by molar-refractivity contribution is -0.133. The zero-order chi connectivity index (χ0) is 19.8. The summed E-state index contributed by atoms with van der Waals surface area (Å²) in [4.78, 5) is 15.0. The van der Waals surface area contributed by atoms with Crippen LogP contribution in [0.2, 0.25) is 0 Å². The zero-order valence-electron chi connectivity index (χ0n) is 17.8. The molecule has 3 nitrogen and oxygen atoms in total. The van der Waals surface area contributed by atoms with Crippen molar-refractivity contribution in [2.75, 3.05) is 25.4 Å². The molecule has 28 heavy (non-hydrogen) atoms. The Kier molecular flexibility index (Phi) is 8.13. The summed E-state index contributed by atoms with van der Waals surface area (Å²) >= 11 is 2.15. The van der Waals surface area contributed by atoms with E-state index in [0.29, 0.717) is 0 Å². The summed E-state index contributed by atoms with van der Waals surface area (Å²) in [5.41, 5.74) is 1.20. The van der Waals surface area contributed by atoms with E-state index in [0.717, 1.165) is 24.8 Å². The summed E-state index contributed by atoms with van der Waals surface area (Å²) in [5.74, 6) is 2.92. The van der Waals surface area contributed by atoms with Crippen molar-refractivity contribution >= 4 is 17.7 Å². The van der Waals surface area contributed by atoms with Crippen molar-refractivity contribution in [2.24, 2.45) is 5.92 Å². The van der Waals surface area contributed by atoms with Crippen molar-refractivity contribution < 1.29 is 9.53 Å². The summed E-state index contributed by atoms with van der Waals surface area (Å²) in [6.07, 6.45) is 12.2. The number of benzene rings is 1. The van der Waals surface area contributed by atoms with Gasteiger partial charge in [0, 0.05) is 17.8 Å². The molecular weight excluding hydrogens is 366 g/mol. The average Bonchev–Trinajstić information content (AvgIpc) is 3.14. The number of nitrogens with zero attached hydrogens (tertiary/aromatic N) is 1. The van der Waals surface area contributed by atoms with Crippen molar-refractivity contribution in [2.45, 2.75) is 76.4 Å². The summed E-state index contributed by atoms with van der Waals surface area (Å²) in [5, 5.41) is 0. The van der Waals surface area contributed by atoms with Gasteiger partial charge in [0.05, 0.1) is 0 Å². The van der Waals surface area contributed by atoms with Gasteiger partial charge in [-0.1, -0.05) is 49.8 Å². The molecule has 0 N–H and O–H groups in total. The van der Waals surface area contributed by atoms with E-state index >= 15 is 0 Å². The second kappa shape index (κ2) is 10.6. The first-order chi connectivity index (χ1) is 13.6. The Hall–Kier alpha value is -1.16. The van der Waals surface area contributed by atoms with Crippen LogP contribution in [0.4, 0.5) is 0 Å². The minimum atomic E-state index is 0.126. The molecule has 2 aliphatic rings. The van der Waals surface area contributed by atoms with Gasteiger partial charge >= 0.3 is 0 Å². The molecule has 1 atom stereocenters. The molecule has 1 unspecified atom stereocenters. The summed E-state index contributed by atoms with van der Waals surface area (Å²) in [6.45, 7) is 5.97. The molecule has 0 aromatic heterocycles. The molecule has 2 fully saturated rings. The van der Waals surface area contributed by atoms with Crippen LogP contribution in [0, 0.1) is 12.8 Å². The molecular formula is C24H37NO2S. The fourth-order valence-electron chi connectivity index (χ4n) is 4.85. The Morgan fingerprint density at radius 1 is 1.11 bits per heavy atom. The molecule has 1 amide bonds. The van der Waals surface area contributed by atoms with Gasteiger partial charge in [-0.15, -0.1) is 0 Å². The van der Waals surface area contributed by atoms with Crippen LogP contribution < -0.4 is 4.74 Å². The number of likely N-dealkylation sites (N-methyl/N-ethyl adjacent to an activating group) is 1. The summed E-state index contributed by atoms with van der Waals surface area (Å²) in [7, 11) is 0. The van der Waals surface area contributed by atoms with Gasteiger partial charge in [-0.3, -0.25) is 4.79 Å². The predicted molar refractivity (Wildman–Crippen MR) is 119 cm³/mol. The number of carbonyl (C=O) groups is 1. The van der Waals surface area contributed by atoms with E-state index in [1.807, 2.05) is 24.3 Å². The van der Waals surface area contributed by atoms with Crippen LogP contribution >= 0.6 is 11.8 Å². The highest BCUT2D eigenvalue weighted by Gasteiger charge is 2.43. The van der Waals surface area contributed by atoms with Gasteiger partial charge in [-0.05, 0) is 63.3 Å². The smallest absolute Gasteiger partial charge is 0.260 e. The molecule has 1 aliphatic carbocycles. The molecule has 1 aromatic carbocycles. The number of thioether (sulfide) groups is 1. The second-order valence-electron chi connectivity index (χ2n) is 8.57. The normalized spacial score (nSPS) is 23.8. The standard InChI is InChI=1S/C24H37NO2S/c1-3-25(23(26)18-27-22-14-12-20(2)13-15-22)19-24(16-9-17-28-24)21-10-7-5-4-6-8-11-21/h12-15,21H,3-11,16-19H2,1-2H3. The van der Waals surface area contributed by atoms with Crippen molar-refractivity contribution in [1.82, 2.24) is 4.90 Å². The highest BCUT2D eigenvalue weighted by molar-refractivity contribution is 8.00. The Labute approximate surface area is 175 Å². The van der Waals surface area contributed by atoms with Crippen molar-refractivity contribution in [3.63, 3.8) is 0 Å². The third-order valence-corrected chi connectivity index (χ3v) is 8.29. The van der Waals surface area contributed by atoms with E-state index in [9.17, 15) is 4.79 Å². The van der Waals surface area contributed by atoms with Crippen LogP contribution in [0.5, 0.6) is 5.75 Å². The molecule has 4 heteroatoms. The first-order valence-corrected chi connectivity index (χ1v) is 12.2. The van der Waals surface area contributed by atoms with Crippen LogP contribution in [0.3, 0.4) is 0 Å². The average molecular weight is 404 g/mol. The predicted octanol–water partition coefficient (Wildman–Crippen LogP) is 5.85. The lowest BCUT2D eigenvalue weighted by Gasteiger charge is -2.41.